The number of rotatable bonds is 4. The van der Waals surface area contributed by atoms with Crippen molar-refractivity contribution in [1.82, 2.24) is 5.16 Å². The summed E-state index contributed by atoms with van der Waals surface area (Å²) in [7, 11) is 0. The number of carbonyl (C=O) groups excluding carboxylic acids is 1. The van der Waals surface area contributed by atoms with Gasteiger partial charge < -0.3 is 15.6 Å². The van der Waals surface area contributed by atoms with Gasteiger partial charge in [-0.15, -0.1) is 11.3 Å². The highest BCUT2D eigenvalue weighted by molar-refractivity contribution is 7.19. The molecule has 2 aromatic heterocycles. The lowest BCUT2D eigenvalue weighted by molar-refractivity contribution is 0.100. The number of hydrogen-bond acceptors (Lipinski definition) is 7. The van der Waals surface area contributed by atoms with Crippen LogP contribution < -0.4 is 11.1 Å². The summed E-state index contributed by atoms with van der Waals surface area (Å²) < 4.78 is 4.82. The maximum atomic E-state index is 12.2. The molecule has 3 aromatic rings. The highest BCUT2D eigenvalue weighted by atomic mass is 32.1. The average Bonchev–Trinajstić information content (AvgIpc) is 3.32. The zero-order valence-electron chi connectivity index (χ0n) is 16.8. The van der Waals surface area contributed by atoms with E-state index >= 15 is 0 Å². The fourth-order valence-electron chi connectivity index (χ4n) is 2.07. The van der Waals surface area contributed by atoms with Gasteiger partial charge in [-0.3, -0.25) is 4.79 Å². The smallest absolute Gasteiger partial charge is 0.243 e. The molecule has 0 radical (unpaired) electrons. The van der Waals surface area contributed by atoms with Gasteiger partial charge in [0.1, 0.15) is 21.5 Å². The first-order chi connectivity index (χ1) is 13.4. The van der Waals surface area contributed by atoms with Gasteiger partial charge in [-0.25, -0.2) is 0 Å². The largest absolute Gasteiger partial charge is 0.396 e. The number of benzene rings is 1. The predicted octanol–water partition coefficient (Wildman–Crippen LogP) is 5.26. The SMILES string of the molecule is CC.CC(C)Nc1sc(C(=O)c2ccno2)c(N)c1C#N.Cc1ccccc1. The van der Waals surface area contributed by atoms with E-state index in [1.54, 1.807) is 0 Å². The second-order valence-electron chi connectivity index (χ2n) is 5.82. The molecule has 0 saturated carbocycles. The number of hydrogen-bond donors (Lipinski definition) is 2. The molecular weight excluding hydrogens is 372 g/mol. The topological polar surface area (TPSA) is 105 Å². The zero-order chi connectivity index (χ0) is 21.1. The van der Waals surface area contributed by atoms with Crippen LogP contribution >= 0.6 is 11.3 Å². The molecule has 0 atom stereocenters. The lowest BCUT2D eigenvalue weighted by atomic mass is 10.2. The van der Waals surface area contributed by atoms with E-state index < -0.39 is 0 Å². The Morgan fingerprint density at radius 1 is 1.25 bits per heavy atom. The van der Waals surface area contributed by atoms with Crippen LogP contribution in [0.3, 0.4) is 0 Å². The van der Waals surface area contributed by atoms with E-state index in [0.717, 1.165) is 11.3 Å². The molecule has 0 saturated heterocycles. The van der Waals surface area contributed by atoms with Gasteiger partial charge in [0, 0.05) is 12.1 Å². The summed E-state index contributed by atoms with van der Waals surface area (Å²) in [4.78, 5) is 12.4. The van der Waals surface area contributed by atoms with Gasteiger partial charge in [0.2, 0.25) is 11.5 Å². The van der Waals surface area contributed by atoms with Gasteiger partial charge in [-0.1, -0.05) is 54.9 Å². The molecule has 0 fully saturated rings. The van der Waals surface area contributed by atoms with E-state index in [9.17, 15) is 4.79 Å². The minimum absolute atomic E-state index is 0.105. The summed E-state index contributed by atoms with van der Waals surface area (Å²) in [6.07, 6.45) is 1.38. The Bertz CT molecular complexity index is 895. The normalized spacial score (nSPS) is 9.46. The third kappa shape index (κ3) is 6.25. The fraction of sp³-hybridized carbons (Fsp3) is 0.286. The van der Waals surface area contributed by atoms with E-state index in [0.29, 0.717) is 10.6 Å². The highest BCUT2D eigenvalue weighted by Gasteiger charge is 2.24. The molecule has 3 rings (SSSR count). The average molecular weight is 399 g/mol. The second kappa shape index (κ2) is 11.6. The van der Waals surface area contributed by atoms with Crippen LogP contribution in [0.4, 0.5) is 10.7 Å². The molecule has 1 aromatic carbocycles. The Hall–Kier alpha value is -3.11. The maximum Gasteiger partial charge on any atom is 0.243 e. The molecule has 0 aliphatic heterocycles. The standard InChI is InChI=1S/C12H12N4O2S.C7H8.C2H6/c1-6(2)16-12-7(5-13)9(14)11(19-12)10(17)8-3-4-15-18-8;1-7-5-3-2-4-6-7;1-2/h3-4,6,16H,14H2,1-2H3;2-6H,1H3;1-2H3. The minimum atomic E-state index is -0.367. The third-order valence-corrected chi connectivity index (χ3v) is 4.42. The molecule has 0 aliphatic carbocycles. The van der Waals surface area contributed by atoms with Crippen molar-refractivity contribution in [2.45, 2.75) is 40.7 Å². The molecule has 0 aliphatic rings. The van der Waals surface area contributed by atoms with Crippen LogP contribution in [0.15, 0.2) is 47.1 Å². The molecule has 3 N–H and O–H groups in total. The number of aromatic nitrogens is 1. The lowest BCUT2D eigenvalue weighted by Gasteiger charge is -2.06. The van der Waals surface area contributed by atoms with Crippen LogP contribution in [-0.2, 0) is 0 Å². The molecule has 0 bridgehead atoms. The molecule has 0 spiro atoms. The van der Waals surface area contributed by atoms with Crippen LogP contribution in [0.1, 0.15) is 54.3 Å². The molecule has 0 unspecified atom stereocenters. The van der Waals surface area contributed by atoms with Crippen molar-refractivity contribution < 1.29 is 9.32 Å². The van der Waals surface area contributed by atoms with Crippen molar-refractivity contribution in [1.29, 1.82) is 5.26 Å². The van der Waals surface area contributed by atoms with Crippen molar-refractivity contribution in [3.63, 3.8) is 0 Å². The monoisotopic (exact) mass is 398 g/mol. The second-order valence-corrected chi connectivity index (χ2v) is 6.84. The van der Waals surface area contributed by atoms with Crippen LogP contribution in [0.2, 0.25) is 0 Å². The number of nitrogens with zero attached hydrogens (tertiary/aromatic N) is 2. The van der Waals surface area contributed by atoms with E-state index in [1.165, 1.54) is 17.8 Å². The van der Waals surface area contributed by atoms with E-state index in [1.807, 2.05) is 52.0 Å². The van der Waals surface area contributed by atoms with E-state index in [4.69, 9.17) is 15.5 Å². The quantitative estimate of drug-likeness (QED) is 0.581. The number of nitriles is 1. The Morgan fingerprint density at radius 3 is 2.32 bits per heavy atom. The minimum Gasteiger partial charge on any atom is -0.396 e. The van der Waals surface area contributed by atoms with Crippen molar-refractivity contribution in [3.8, 4) is 6.07 Å². The molecule has 7 heteroatoms. The summed E-state index contributed by atoms with van der Waals surface area (Å²) in [6.45, 7) is 9.96. The summed E-state index contributed by atoms with van der Waals surface area (Å²) in [5.74, 6) is -0.262. The van der Waals surface area contributed by atoms with E-state index in [2.05, 4.69) is 29.5 Å². The molecule has 6 nitrogen and oxygen atoms in total. The molecule has 28 heavy (non-hydrogen) atoms. The highest BCUT2D eigenvalue weighted by Crippen LogP contribution is 2.36. The first kappa shape index (κ1) is 22.9. The van der Waals surface area contributed by atoms with Gasteiger partial charge in [0.15, 0.2) is 0 Å². The number of ketones is 1. The van der Waals surface area contributed by atoms with Gasteiger partial charge >= 0.3 is 0 Å². The van der Waals surface area contributed by atoms with Crippen molar-refractivity contribution in [2.24, 2.45) is 0 Å². The maximum absolute atomic E-state index is 12.2. The van der Waals surface area contributed by atoms with E-state index in [-0.39, 0.29) is 28.1 Å². The van der Waals surface area contributed by atoms with Crippen molar-refractivity contribution >= 4 is 27.8 Å². The Kier molecular flexibility index (Phi) is 9.48. The van der Waals surface area contributed by atoms with Gasteiger partial charge in [0.05, 0.1) is 11.9 Å². The lowest BCUT2D eigenvalue weighted by Crippen LogP contribution is -2.09. The van der Waals surface area contributed by atoms with Crippen molar-refractivity contribution in [3.05, 3.63) is 64.4 Å². The van der Waals surface area contributed by atoms with Gasteiger partial charge in [0.25, 0.3) is 0 Å². The third-order valence-electron chi connectivity index (χ3n) is 3.29. The number of anilines is 2. The number of aryl methyl sites for hydroxylation is 1. The number of nitrogens with one attached hydrogen (secondary N) is 1. The zero-order valence-corrected chi connectivity index (χ0v) is 17.6. The fourth-order valence-corrected chi connectivity index (χ4v) is 3.23. The number of nitrogens with two attached hydrogens (primary N) is 1. The van der Waals surface area contributed by atoms with Gasteiger partial charge in [-0.2, -0.15) is 5.26 Å². The van der Waals surface area contributed by atoms with Crippen LogP contribution in [0.25, 0.3) is 0 Å². The Morgan fingerprint density at radius 2 is 1.89 bits per heavy atom. The molecule has 0 amide bonds. The van der Waals surface area contributed by atoms with Crippen LogP contribution in [0, 0.1) is 18.3 Å². The molecular formula is C21H26N4O2S. The van der Waals surface area contributed by atoms with Gasteiger partial charge in [-0.05, 0) is 20.8 Å². The number of nitrogen functional groups attached to an aromatic ring is 1. The summed E-state index contributed by atoms with van der Waals surface area (Å²) in [6, 6.07) is 13.9. The molecule has 148 valence electrons. The first-order valence-corrected chi connectivity index (χ1v) is 9.81. The Labute approximate surface area is 170 Å². The number of carbonyl (C=O) groups is 1. The molecule has 2 heterocycles. The van der Waals surface area contributed by atoms with Crippen molar-refractivity contribution in [2.75, 3.05) is 11.1 Å². The summed E-state index contributed by atoms with van der Waals surface area (Å²) in [5.41, 5.74) is 7.66. The van der Waals surface area contributed by atoms with Crippen LogP contribution in [-0.4, -0.2) is 17.0 Å². The Balaban J connectivity index is 0.000000363. The summed E-state index contributed by atoms with van der Waals surface area (Å²) in [5, 5.41) is 16.3. The van der Waals surface area contributed by atoms with Crippen LogP contribution in [0.5, 0.6) is 0 Å². The predicted molar refractivity (Wildman–Crippen MR) is 115 cm³/mol. The number of thiophene rings is 1. The summed E-state index contributed by atoms with van der Waals surface area (Å²) >= 11 is 1.15. The first-order valence-electron chi connectivity index (χ1n) is 9.00.